The molecule has 1 saturated heterocycles. The van der Waals surface area contributed by atoms with Crippen LogP contribution in [-0.4, -0.2) is 38.9 Å². The zero-order valence-electron chi connectivity index (χ0n) is 12.4. The lowest BCUT2D eigenvalue weighted by Crippen LogP contribution is -2.32. The molecule has 0 aliphatic carbocycles. The Morgan fingerprint density at radius 3 is 2.74 bits per heavy atom. The van der Waals surface area contributed by atoms with Crippen LogP contribution in [0.2, 0.25) is 0 Å². The van der Waals surface area contributed by atoms with Crippen molar-refractivity contribution in [3.8, 4) is 0 Å². The number of nitrogens with zero attached hydrogens (tertiary/aromatic N) is 1. The predicted molar refractivity (Wildman–Crippen MR) is 80.9 cm³/mol. The molecule has 0 radical (unpaired) electrons. The summed E-state index contributed by atoms with van der Waals surface area (Å²) in [5.74, 6) is 0. The lowest BCUT2D eigenvalue weighted by molar-refractivity contribution is 0.0503. The third kappa shape index (κ3) is 3.95. The van der Waals surface area contributed by atoms with Crippen molar-refractivity contribution in [1.29, 1.82) is 0 Å². The Morgan fingerprint density at radius 2 is 2.00 bits per heavy atom. The van der Waals surface area contributed by atoms with Gasteiger partial charge in [-0.05, 0) is 37.9 Å². The van der Waals surface area contributed by atoms with E-state index in [1.807, 2.05) is 0 Å². The Hall–Kier alpha value is -1.06. The third-order valence-corrected chi connectivity index (χ3v) is 3.82. The molecule has 0 spiro atoms. The van der Waals surface area contributed by atoms with E-state index < -0.39 is 0 Å². The van der Waals surface area contributed by atoms with E-state index in [-0.39, 0.29) is 0 Å². The van der Waals surface area contributed by atoms with Gasteiger partial charge in [0.05, 0.1) is 12.2 Å². The topological polar surface area (TPSA) is 24.5 Å². The van der Waals surface area contributed by atoms with Gasteiger partial charge < -0.3 is 15.0 Å². The summed E-state index contributed by atoms with van der Waals surface area (Å²) in [7, 11) is 2.16. The highest BCUT2D eigenvalue weighted by Gasteiger charge is 2.25. The van der Waals surface area contributed by atoms with Gasteiger partial charge in [-0.15, -0.1) is 0 Å². The van der Waals surface area contributed by atoms with E-state index >= 15 is 0 Å². The molecule has 0 bridgehead atoms. The van der Waals surface area contributed by atoms with Gasteiger partial charge in [-0.3, -0.25) is 0 Å². The van der Waals surface area contributed by atoms with Crippen LogP contribution in [0.1, 0.15) is 25.3 Å². The van der Waals surface area contributed by atoms with Crippen molar-refractivity contribution >= 4 is 5.69 Å². The molecule has 0 saturated carbocycles. The van der Waals surface area contributed by atoms with Gasteiger partial charge in [0.15, 0.2) is 0 Å². The van der Waals surface area contributed by atoms with Crippen molar-refractivity contribution in [2.45, 2.75) is 38.9 Å². The molecule has 0 aromatic heterocycles. The maximum Gasteiger partial charge on any atom is 0.0755 e. The number of ether oxygens (including phenoxy) is 1. The van der Waals surface area contributed by atoms with Crippen LogP contribution >= 0.6 is 0 Å². The first kappa shape index (κ1) is 14.4. The van der Waals surface area contributed by atoms with Crippen LogP contribution in [0, 0.1) is 6.92 Å². The van der Waals surface area contributed by atoms with Gasteiger partial charge in [0.25, 0.3) is 0 Å². The summed E-state index contributed by atoms with van der Waals surface area (Å²) < 4.78 is 6.09. The van der Waals surface area contributed by atoms with Gasteiger partial charge in [-0.2, -0.15) is 0 Å². The average Bonchev–Trinajstić information content (AvgIpc) is 2.84. The Balaban J connectivity index is 1.84. The molecule has 106 valence electrons. The van der Waals surface area contributed by atoms with E-state index in [0.29, 0.717) is 12.2 Å². The van der Waals surface area contributed by atoms with E-state index in [2.05, 4.69) is 55.4 Å². The number of rotatable bonds is 6. The van der Waals surface area contributed by atoms with Crippen LogP contribution in [0.15, 0.2) is 24.3 Å². The zero-order chi connectivity index (χ0) is 13.7. The largest absolute Gasteiger partial charge is 0.372 e. The molecule has 3 nitrogen and oxygen atoms in total. The monoisotopic (exact) mass is 262 g/mol. The fourth-order valence-electron chi connectivity index (χ4n) is 2.77. The van der Waals surface area contributed by atoms with Gasteiger partial charge in [-0.1, -0.05) is 25.1 Å². The number of aryl methyl sites for hydroxylation is 1. The first-order valence-electron chi connectivity index (χ1n) is 7.33. The van der Waals surface area contributed by atoms with Crippen molar-refractivity contribution < 1.29 is 4.74 Å². The number of likely N-dealkylation sites (N-methyl/N-ethyl adjacent to an activating group) is 2. The van der Waals surface area contributed by atoms with Gasteiger partial charge in [0.1, 0.15) is 0 Å². The smallest absolute Gasteiger partial charge is 0.0755 e. The molecule has 1 aromatic carbocycles. The molecule has 1 fully saturated rings. The summed E-state index contributed by atoms with van der Waals surface area (Å²) >= 11 is 0. The number of benzene rings is 1. The number of nitrogens with one attached hydrogen (secondary N) is 1. The third-order valence-electron chi connectivity index (χ3n) is 3.82. The fourth-order valence-corrected chi connectivity index (χ4v) is 2.77. The van der Waals surface area contributed by atoms with Gasteiger partial charge >= 0.3 is 0 Å². The zero-order valence-corrected chi connectivity index (χ0v) is 12.4. The maximum absolute atomic E-state index is 6.09. The molecular weight excluding hydrogens is 236 g/mol. The van der Waals surface area contributed by atoms with Crippen LogP contribution in [0.4, 0.5) is 5.69 Å². The average molecular weight is 262 g/mol. The summed E-state index contributed by atoms with van der Waals surface area (Å²) in [6.45, 7) is 7.29. The highest BCUT2D eigenvalue weighted by Crippen LogP contribution is 2.23. The summed E-state index contributed by atoms with van der Waals surface area (Å²) in [5, 5.41) is 3.37. The molecule has 2 atom stereocenters. The normalized spacial score (nSPS) is 22.7. The first-order chi connectivity index (χ1) is 9.20. The Kier molecular flexibility index (Phi) is 5.23. The van der Waals surface area contributed by atoms with Crippen LogP contribution < -0.4 is 10.2 Å². The minimum atomic E-state index is 0.369. The Bertz CT molecular complexity index is 394. The minimum Gasteiger partial charge on any atom is -0.372 e. The second kappa shape index (κ2) is 6.92. The summed E-state index contributed by atoms with van der Waals surface area (Å²) in [6, 6.07) is 8.53. The second-order valence-electron chi connectivity index (χ2n) is 5.43. The standard InChI is InChI=1S/C16H26N2O/c1-4-17-11-14-9-10-15(19-14)12-18(3)16-8-6-5-7-13(16)2/h5-8,14-15,17H,4,9-12H2,1-3H3. The second-order valence-corrected chi connectivity index (χ2v) is 5.43. The molecule has 1 N–H and O–H groups in total. The van der Waals surface area contributed by atoms with Crippen molar-refractivity contribution in [1.82, 2.24) is 5.32 Å². The van der Waals surface area contributed by atoms with Crippen molar-refractivity contribution in [3.63, 3.8) is 0 Å². The van der Waals surface area contributed by atoms with Crippen molar-refractivity contribution in [2.24, 2.45) is 0 Å². The van der Waals surface area contributed by atoms with Crippen molar-refractivity contribution in [3.05, 3.63) is 29.8 Å². The van der Waals surface area contributed by atoms with E-state index in [0.717, 1.165) is 19.6 Å². The van der Waals surface area contributed by atoms with Crippen molar-refractivity contribution in [2.75, 3.05) is 31.6 Å². The first-order valence-corrected chi connectivity index (χ1v) is 7.33. The molecule has 1 aliphatic rings. The molecule has 0 amide bonds. The molecule has 2 unspecified atom stereocenters. The quantitative estimate of drug-likeness (QED) is 0.853. The van der Waals surface area contributed by atoms with E-state index in [4.69, 9.17) is 4.74 Å². The van der Waals surface area contributed by atoms with Gasteiger partial charge in [-0.25, -0.2) is 0 Å². The fraction of sp³-hybridized carbons (Fsp3) is 0.625. The van der Waals surface area contributed by atoms with Gasteiger partial charge in [0, 0.05) is 25.8 Å². The SMILES string of the molecule is CCNCC1CCC(CN(C)c2ccccc2C)O1. The lowest BCUT2D eigenvalue weighted by Gasteiger charge is -2.25. The van der Waals surface area contributed by atoms with Crippen LogP contribution in [-0.2, 0) is 4.74 Å². The summed E-state index contributed by atoms with van der Waals surface area (Å²) in [4.78, 5) is 2.32. The molecule has 1 heterocycles. The maximum atomic E-state index is 6.09. The van der Waals surface area contributed by atoms with E-state index in [1.54, 1.807) is 0 Å². The van der Waals surface area contributed by atoms with Crippen LogP contribution in [0.5, 0.6) is 0 Å². The van der Waals surface area contributed by atoms with Crippen LogP contribution in [0.3, 0.4) is 0 Å². The van der Waals surface area contributed by atoms with Gasteiger partial charge in [0.2, 0.25) is 0 Å². The molecule has 2 rings (SSSR count). The number of hydrogen-bond acceptors (Lipinski definition) is 3. The lowest BCUT2D eigenvalue weighted by atomic mass is 10.1. The number of para-hydroxylation sites is 1. The highest BCUT2D eigenvalue weighted by atomic mass is 16.5. The molecular formula is C16H26N2O. The number of anilines is 1. The summed E-state index contributed by atoms with van der Waals surface area (Å²) in [5.41, 5.74) is 2.63. The Labute approximate surface area is 116 Å². The minimum absolute atomic E-state index is 0.369. The predicted octanol–water partition coefficient (Wildman–Crippen LogP) is 2.59. The number of hydrogen-bond donors (Lipinski definition) is 1. The van der Waals surface area contributed by atoms with E-state index in [1.165, 1.54) is 24.1 Å². The highest BCUT2D eigenvalue weighted by molar-refractivity contribution is 5.52. The molecule has 1 aliphatic heterocycles. The summed E-state index contributed by atoms with van der Waals surface area (Å²) in [6.07, 6.45) is 3.12. The molecule has 19 heavy (non-hydrogen) atoms. The Morgan fingerprint density at radius 1 is 1.26 bits per heavy atom. The molecule has 3 heteroatoms. The van der Waals surface area contributed by atoms with Crippen LogP contribution in [0.25, 0.3) is 0 Å². The molecule has 1 aromatic rings. The van der Waals surface area contributed by atoms with E-state index in [9.17, 15) is 0 Å².